The monoisotopic (exact) mass is 261 g/mol. The maximum atomic E-state index is 4.85. The quantitative estimate of drug-likeness (QED) is 0.906. The maximum absolute atomic E-state index is 4.85. The van der Waals surface area contributed by atoms with E-state index in [0.717, 1.165) is 38.4 Å². The van der Waals surface area contributed by atoms with Crippen molar-refractivity contribution in [2.75, 3.05) is 6.54 Å². The Morgan fingerprint density at radius 1 is 1.26 bits per heavy atom. The van der Waals surface area contributed by atoms with Crippen LogP contribution in [0, 0.1) is 16.7 Å². The zero-order chi connectivity index (χ0) is 13.8. The average molecular weight is 261 g/mol. The highest BCUT2D eigenvalue weighted by atomic mass is 15.1. The van der Waals surface area contributed by atoms with E-state index in [0.29, 0.717) is 10.8 Å². The minimum absolute atomic E-state index is 0.460. The molecule has 1 N–H and O–H groups in total. The van der Waals surface area contributed by atoms with Crippen molar-refractivity contribution in [3.63, 3.8) is 0 Å². The Kier molecular flexibility index (Phi) is 2.83. The highest BCUT2D eigenvalue weighted by Crippen LogP contribution is 2.69. The van der Waals surface area contributed by atoms with Crippen LogP contribution in [0.25, 0.3) is 0 Å². The number of imidazole rings is 1. The van der Waals surface area contributed by atoms with Crippen LogP contribution in [0.4, 0.5) is 0 Å². The Hall–Kier alpha value is -0.830. The molecule has 0 radical (unpaired) electrons. The van der Waals surface area contributed by atoms with Crippen LogP contribution in [0.15, 0.2) is 0 Å². The molecule has 2 heterocycles. The molecule has 3 nitrogen and oxygen atoms in total. The molecular weight excluding hydrogens is 234 g/mol. The summed E-state index contributed by atoms with van der Waals surface area (Å²) in [4.78, 5) is 4.85. The van der Waals surface area contributed by atoms with Crippen LogP contribution >= 0.6 is 0 Å². The lowest BCUT2D eigenvalue weighted by molar-refractivity contribution is 0.457. The fourth-order valence-corrected chi connectivity index (χ4v) is 3.88. The van der Waals surface area contributed by atoms with Crippen LogP contribution in [0.5, 0.6) is 0 Å². The summed E-state index contributed by atoms with van der Waals surface area (Å²) in [5, 5.41) is 3.43. The fraction of sp³-hybridized carbons (Fsp3) is 0.812. The molecule has 0 bridgehead atoms. The third-order valence-corrected chi connectivity index (χ3v) is 6.07. The van der Waals surface area contributed by atoms with E-state index >= 15 is 0 Å². The van der Waals surface area contributed by atoms with Gasteiger partial charge in [0, 0.05) is 38.2 Å². The van der Waals surface area contributed by atoms with E-state index in [1.165, 1.54) is 17.2 Å². The van der Waals surface area contributed by atoms with Gasteiger partial charge >= 0.3 is 0 Å². The molecule has 3 rings (SSSR count). The Labute approximate surface area is 116 Å². The molecule has 3 heteroatoms. The molecule has 19 heavy (non-hydrogen) atoms. The largest absolute Gasteiger partial charge is 0.331 e. The van der Waals surface area contributed by atoms with Crippen LogP contribution in [0.1, 0.15) is 51.8 Å². The van der Waals surface area contributed by atoms with Crippen LogP contribution < -0.4 is 5.32 Å². The van der Waals surface area contributed by atoms with Gasteiger partial charge in [-0.15, -0.1) is 0 Å². The Bertz CT molecular complexity index is 482. The summed E-state index contributed by atoms with van der Waals surface area (Å²) in [6.45, 7) is 15.1. The summed E-state index contributed by atoms with van der Waals surface area (Å²) < 4.78 is 2.54. The van der Waals surface area contributed by atoms with Gasteiger partial charge in [0.25, 0.3) is 0 Å². The number of nitrogens with one attached hydrogen (secondary N) is 1. The Balaban J connectivity index is 1.91. The summed E-state index contributed by atoms with van der Waals surface area (Å²) in [6, 6.07) is 0. The molecule has 106 valence electrons. The number of aromatic nitrogens is 2. The molecule has 1 aromatic rings. The minimum atomic E-state index is 0.460. The molecule has 0 spiro atoms. The smallest absolute Gasteiger partial charge is 0.108 e. The number of hydrogen-bond donors (Lipinski definition) is 1. The summed E-state index contributed by atoms with van der Waals surface area (Å²) in [5.41, 5.74) is 3.71. The second kappa shape index (κ2) is 4.08. The second-order valence-corrected chi connectivity index (χ2v) is 7.31. The topological polar surface area (TPSA) is 29.9 Å². The Morgan fingerprint density at radius 3 is 2.53 bits per heavy atom. The predicted octanol–water partition coefficient (Wildman–Crippen LogP) is 2.77. The molecule has 0 unspecified atom stereocenters. The molecule has 1 aliphatic carbocycles. The van der Waals surface area contributed by atoms with Gasteiger partial charge in [-0.1, -0.05) is 34.6 Å². The zero-order valence-electron chi connectivity index (χ0n) is 13.0. The van der Waals surface area contributed by atoms with Crippen molar-refractivity contribution in [2.45, 2.75) is 60.5 Å². The SMILES string of the molecule is CCc1nc2c(n1CC1C(C)(C)C1(C)C)CCNC2. The number of fused-ring (bicyclic) bond motifs is 1. The molecule has 1 fully saturated rings. The van der Waals surface area contributed by atoms with E-state index in [1.807, 2.05) is 0 Å². The lowest BCUT2D eigenvalue weighted by atomic mass is 10.0. The molecule has 1 saturated carbocycles. The van der Waals surface area contributed by atoms with Crippen molar-refractivity contribution in [3.8, 4) is 0 Å². The van der Waals surface area contributed by atoms with Gasteiger partial charge in [-0.25, -0.2) is 4.98 Å². The lowest BCUT2D eigenvalue weighted by Crippen LogP contribution is -2.25. The fourth-order valence-electron chi connectivity index (χ4n) is 3.88. The van der Waals surface area contributed by atoms with Gasteiger partial charge in [-0.05, 0) is 16.7 Å². The number of aryl methyl sites for hydroxylation is 1. The molecule has 0 amide bonds. The molecule has 1 aromatic heterocycles. The maximum Gasteiger partial charge on any atom is 0.108 e. The minimum Gasteiger partial charge on any atom is -0.331 e. The summed E-state index contributed by atoms with van der Waals surface area (Å²) in [7, 11) is 0. The van der Waals surface area contributed by atoms with E-state index in [1.54, 1.807) is 0 Å². The highest BCUT2D eigenvalue weighted by molar-refractivity contribution is 5.22. The second-order valence-electron chi connectivity index (χ2n) is 7.31. The van der Waals surface area contributed by atoms with Crippen LogP contribution in [-0.4, -0.2) is 16.1 Å². The summed E-state index contributed by atoms with van der Waals surface area (Å²) in [5.74, 6) is 2.06. The van der Waals surface area contributed by atoms with Crippen molar-refractivity contribution in [1.82, 2.24) is 14.9 Å². The van der Waals surface area contributed by atoms with Crippen molar-refractivity contribution < 1.29 is 0 Å². The third kappa shape index (κ3) is 1.78. The van der Waals surface area contributed by atoms with E-state index in [2.05, 4.69) is 44.5 Å². The first-order valence-electron chi connectivity index (χ1n) is 7.67. The van der Waals surface area contributed by atoms with Crippen LogP contribution in [0.3, 0.4) is 0 Å². The number of nitrogens with zero attached hydrogens (tertiary/aromatic N) is 2. The average Bonchev–Trinajstić information content (AvgIpc) is 2.69. The van der Waals surface area contributed by atoms with Gasteiger partial charge in [0.05, 0.1) is 5.69 Å². The highest BCUT2D eigenvalue weighted by Gasteiger charge is 2.64. The molecular formula is C16H27N3. The van der Waals surface area contributed by atoms with Crippen molar-refractivity contribution in [2.24, 2.45) is 16.7 Å². The first-order valence-corrected chi connectivity index (χ1v) is 7.67. The van der Waals surface area contributed by atoms with E-state index < -0.39 is 0 Å². The van der Waals surface area contributed by atoms with Crippen LogP contribution in [-0.2, 0) is 25.9 Å². The van der Waals surface area contributed by atoms with E-state index in [4.69, 9.17) is 4.98 Å². The first-order chi connectivity index (χ1) is 8.89. The van der Waals surface area contributed by atoms with Gasteiger partial charge < -0.3 is 9.88 Å². The standard InChI is InChI=1S/C16H27N3/c1-6-14-18-11-9-17-8-7-12(11)19(14)10-13-15(2,3)16(13,4)5/h13,17H,6-10H2,1-5H3. The summed E-state index contributed by atoms with van der Waals surface area (Å²) >= 11 is 0. The predicted molar refractivity (Wildman–Crippen MR) is 78.1 cm³/mol. The molecule has 2 aliphatic rings. The molecule has 0 aromatic carbocycles. The summed E-state index contributed by atoms with van der Waals surface area (Å²) in [6.07, 6.45) is 2.18. The van der Waals surface area contributed by atoms with Gasteiger partial charge in [-0.3, -0.25) is 0 Å². The lowest BCUT2D eigenvalue weighted by Gasteiger charge is -2.17. The van der Waals surface area contributed by atoms with Crippen molar-refractivity contribution >= 4 is 0 Å². The van der Waals surface area contributed by atoms with E-state index in [9.17, 15) is 0 Å². The normalized spacial score (nSPS) is 24.3. The van der Waals surface area contributed by atoms with Gasteiger partial charge in [-0.2, -0.15) is 0 Å². The molecule has 1 aliphatic heterocycles. The molecule has 0 saturated heterocycles. The van der Waals surface area contributed by atoms with Crippen LogP contribution in [0.2, 0.25) is 0 Å². The van der Waals surface area contributed by atoms with Crippen molar-refractivity contribution in [1.29, 1.82) is 0 Å². The zero-order valence-corrected chi connectivity index (χ0v) is 13.0. The van der Waals surface area contributed by atoms with Gasteiger partial charge in [0.2, 0.25) is 0 Å². The molecule has 0 atom stereocenters. The number of hydrogen-bond acceptors (Lipinski definition) is 2. The van der Waals surface area contributed by atoms with Gasteiger partial charge in [0.15, 0.2) is 0 Å². The third-order valence-electron chi connectivity index (χ3n) is 6.07. The van der Waals surface area contributed by atoms with Gasteiger partial charge in [0.1, 0.15) is 5.82 Å². The number of rotatable bonds is 3. The van der Waals surface area contributed by atoms with Crippen molar-refractivity contribution in [3.05, 3.63) is 17.2 Å². The Morgan fingerprint density at radius 2 is 1.95 bits per heavy atom. The first kappa shape index (κ1) is 13.2. The van der Waals surface area contributed by atoms with E-state index in [-0.39, 0.29) is 0 Å².